The average Bonchev–Trinajstić information content (AvgIpc) is 2.19. The molecule has 78 valence electrons. The normalized spacial score (nSPS) is 15.1. The van der Waals surface area contributed by atoms with E-state index in [1.165, 1.54) is 7.11 Å². The van der Waals surface area contributed by atoms with Crippen LogP contribution in [0.4, 0.5) is 0 Å². The fourth-order valence-corrected chi connectivity index (χ4v) is 2.45. The molecule has 0 fully saturated rings. The summed E-state index contributed by atoms with van der Waals surface area (Å²) in [5.41, 5.74) is 1.12. The van der Waals surface area contributed by atoms with E-state index in [0.717, 1.165) is 5.56 Å². The van der Waals surface area contributed by atoms with Crippen molar-refractivity contribution in [2.24, 2.45) is 0 Å². The van der Waals surface area contributed by atoms with Gasteiger partial charge in [-0.25, -0.2) is 0 Å². The summed E-state index contributed by atoms with van der Waals surface area (Å²) in [5, 5.41) is 0.604. The van der Waals surface area contributed by atoms with Crippen LogP contribution in [0.15, 0.2) is 24.3 Å². The summed E-state index contributed by atoms with van der Waals surface area (Å²) in [5.74, 6) is 0. The van der Waals surface area contributed by atoms with Crippen LogP contribution in [-0.4, -0.2) is 13.7 Å². The molecule has 0 heterocycles. The first-order chi connectivity index (χ1) is 6.62. The van der Waals surface area contributed by atoms with E-state index < -0.39 is 7.60 Å². The van der Waals surface area contributed by atoms with Gasteiger partial charge in [-0.1, -0.05) is 17.7 Å². The van der Waals surface area contributed by atoms with Gasteiger partial charge in [-0.05, 0) is 26.0 Å². The Balaban J connectivity index is 3.00. The SMILES string of the molecule is CCOP(=O)(OC)c1ccc(C)cc1. The fourth-order valence-electron chi connectivity index (χ4n) is 1.13. The van der Waals surface area contributed by atoms with Gasteiger partial charge >= 0.3 is 7.60 Å². The Labute approximate surface area is 84.6 Å². The van der Waals surface area contributed by atoms with Crippen LogP contribution in [0, 0.1) is 6.92 Å². The topological polar surface area (TPSA) is 35.5 Å². The van der Waals surface area contributed by atoms with Crippen molar-refractivity contribution in [3.8, 4) is 0 Å². The van der Waals surface area contributed by atoms with Gasteiger partial charge in [0.2, 0.25) is 0 Å². The summed E-state index contributed by atoms with van der Waals surface area (Å²) in [7, 11) is -1.67. The molecule has 1 rings (SSSR count). The van der Waals surface area contributed by atoms with E-state index in [1.54, 1.807) is 19.1 Å². The second-order valence-corrected chi connectivity index (χ2v) is 5.07. The second kappa shape index (κ2) is 4.74. The highest BCUT2D eigenvalue weighted by Crippen LogP contribution is 2.45. The molecule has 14 heavy (non-hydrogen) atoms. The lowest BCUT2D eigenvalue weighted by Crippen LogP contribution is -2.08. The lowest BCUT2D eigenvalue weighted by Gasteiger charge is -2.15. The first kappa shape index (κ1) is 11.4. The molecule has 3 nitrogen and oxygen atoms in total. The Hall–Kier alpha value is -0.630. The lowest BCUT2D eigenvalue weighted by molar-refractivity contribution is 0.254. The number of rotatable bonds is 4. The highest BCUT2D eigenvalue weighted by Gasteiger charge is 2.24. The molecule has 0 saturated carbocycles. The highest BCUT2D eigenvalue weighted by molar-refractivity contribution is 7.62. The van der Waals surface area contributed by atoms with Gasteiger partial charge in [-0.15, -0.1) is 0 Å². The van der Waals surface area contributed by atoms with Gasteiger partial charge in [0.05, 0.1) is 11.9 Å². The van der Waals surface area contributed by atoms with Crippen LogP contribution >= 0.6 is 7.60 Å². The van der Waals surface area contributed by atoms with E-state index >= 15 is 0 Å². The predicted octanol–water partition coefficient (Wildman–Crippen LogP) is 2.50. The first-order valence-corrected chi connectivity index (χ1v) is 6.04. The van der Waals surface area contributed by atoms with E-state index in [2.05, 4.69) is 0 Å². The first-order valence-electron chi connectivity index (χ1n) is 4.50. The number of hydrogen-bond donors (Lipinski definition) is 0. The van der Waals surface area contributed by atoms with Gasteiger partial charge < -0.3 is 9.05 Å². The van der Waals surface area contributed by atoms with Crippen molar-refractivity contribution in [2.45, 2.75) is 13.8 Å². The molecule has 0 saturated heterocycles. The predicted molar refractivity (Wildman–Crippen MR) is 57.1 cm³/mol. The zero-order valence-corrected chi connectivity index (χ0v) is 9.58. The summed E-state index contributed by atoms with van der Waals surface area (Å²) in [6.45, 7) is 4.14. The molecule has 0 aliphatic heterocycles. The maximum atomic E-state index is 12.1. The molecule has 1 aromatic carbocycles. The van der Waals surface area contributed by atoms with Crippen molar-refractivity contribution in [1.82, 2.24) is 0 Å². The third-order valence-electron chi connectivity index (χ3n) is 1.89. The minimum atomic E-state index is -3.07. The van der Waals surface area contributed by atoms with Crippen LogP contribution in [0.25, 0.3) is 0 Å². The molecule has 0 N–H and O–H groups in total. The second-order valence-electron chi connectivity index (χ2n) is 2.93. The largest absolute Gasteiger partial charge is 0.361 e. The molecule has 1 unspecified atom stereocenters. The van der Waals surface area contributed by atoms with Gasteiger partial charge in [-0.3, -0.25) is 4.57 Å². The van der Waals surface area contributed by atoms with Crippen LogP contribution in [0.3, 0.4) is 0 Å². The maximum Gasteiger partial charge on any atom is 0.361 e. The third kappa shape index (κ3) is 2.44. The molecule has 0 aliphatic carbocycles. The molecular weight excluding hydrogens is 199 g/mol. The minimum absolute atomic E-state index is 0.374. The molecule has 0 radical (unpaired) electrons. The Morgan fingerprint density at radius 1 is 1.29 bits per heavy atom. The van der Waals surface area contributed by atoms with Crippen LogP contribution in [0.5, 0.6) is 0 Å². The molecule has 0 bridgehead atoms. The van der Waals surface area contributed by atoms with Crippen LogP contribution in [-0.2, 0) is 13.6 Å². The van der Waals surface area contributed by atoms with Crippen molar-refractivity contribution < 1.29 is 13.6 Å². The van der Waals surface area contributed by atoms with E-state index in [1.807, 2.05) is 19.1 Å². The summed E-state index contributed by atoms with van der Waals surface area (Å²) >= 11 is 0. The van der Waals surface area contributed by atoms with E-state index in [4.69, 9.17) is 9.05 Å². The Bertz CT molecular complexity index is 332. The molecule has 0 spiro atoms. The monoisotopic (exact) mass is 214 g/mol. The van der Waals surface area contributed by atoms with Crippen molar-refractivity contribution in [2.75, 3.05) is 13.7 Å². The molecule has 1 atom stereocenters. The highest BCUT2D eigenvalue weighted by atomic mass is 31.2. The quantitative estimate of drug-likeness (QED) is 0.722. The van der Waals surface area contributed by atoms with Gasteiger partial charge in [0.25, 0.3) is 0 Å². The van der Waals surface area contributed by atoms with Gasteiger partial charge in [0.1, 0.15) is 0 Å². The Morgan fingerprint density at radius 2 is 1.86 bits per heavy atom. The number of aryl methyl sites for hydroxylation is 1. The average molecular weight is 214 g/mol. The van der Waals surface area contributed by atoms with Gasteiger partial charge in [-0.2, -0.15) is 0 Å². The summed E-state index contributed by atoms with van der Waals surface area (Å²) < 4.78 is 22.1. The Kier molecular flexibility index (Phi) is 3.87. The Morgan fingerprint density at radius 3 is 2.29 bits per heavy atom. The van der Waals surface area contributed by atoms with E-state index in [9.17, 15) is 4.57 Å². The summed E-state index contributed by atoms with van der Waals surface area (Å²) in [6, 6.07) is 7.32. The molecule has 0 aromatic heterocycles. The minimum Gasteiger partial charge on any atom is -0.309 e. The van der Waals surface area contributed by atoms with Crippen LogP contribution in [0.2, 0.25) is 0 Å². The van der Waals surface area contributed by atoms with Crippen LogP contribution in [0.1, 0.15) is 12.5 Å². The van der Waals surface area contributed by atoms with Crippen molar-refractivity contribution in [3.05, 3.63) is 29.8 Å². The molecule has 4 heteroatoms. The fraction of sp³-hybridized carbons (Fsp3) is 0.400. The van der Waals surface area contributed by atoms with E-state index in [0.29, 0.717) is 11.9 Å². The standard InChI is InChI=1S/C10H15O3P/c1-4-13-14(11,12-3)10-7-5-9(2)6-8-10/h5-8H,4H2,1-3H3. The number of hydrogen-bond acceptors (Lipinski definition) is 3. The third-order valence-corrected chi connectivity index (χ3v) is 3.90. The van der Waals surface area contributed by atoms with Crippen molar-refractivity contribution in [3.63, 3.8) is 0 Å². The summed E-state index contributed by atoms with van der Waals surface area (Å²) in [4.78, 5) is 0. The molecule has 0 aliphatic rings. The van der Waals surface area contributed by atoms with Crippen molar-refractivity contribution in [1.29, 1.82) is 0 Å². The van der Waals surface area contributed by atoms with Crippen LogP contribution < -0.4 is 5.30 Å². The van der Waals surface area contributed by atoms with Crippen molar-refractivity contribution >= 4 is 12.9 Å². The summed E-state index contributed by atoms with van der Waals surface area (Å²) in [6.07, 6.45) is 0. The lowest BCUT2D eigenvalue weighted by atomic mass is 10.2. The maximum absolute atomic E-state index is 12.1. The zero-order valence-electron chi connectivity index (χ0n) is 8.69. The van der Waals surface area contributed by atoms with Gasteiger partial charge in [0, 0.05) is 7.11 Å². The molecule has 1 aromatic rings. The zero-order chi connectivity index (χ0) is 10.6. The number of benzene rings is 1. The molecular formula is C10H15O3P. The smallest absolute Gasteiger partial charge is 0.309 e. The molecule has 0 amide bonds. The van der Waals surface area contributed by atoms with E-state index in [-0.39, 0.29) is 0 Å². The van der Waals surface area contributed by atoms with Gasteiger partial charge in [0.15, 0.2) is 0 Å².